The molecular formula is C34H42N2O7. The molecule has 9 nitrogen and oxygen atoms in total. The lowest BCUT2D eigenvalue weighted by Crippen LogP contribution is -2.48. The van der Waals surface area contributed by atoms with E-state index in [0.717, 1.165) is 11.1 Å². The number of benzene rings is 2. The van der Waals surface area contributed by atoms with Gasteiger partial charge in [-0.1, -0.05) is 81.5 Å². The number of hydrogen-bond acceptors (Lipinski definition) is 7. The maximum Gasteiger partial charge on any atom is 0.347 e. The Bertz CT molecular complexity index is 1270. The quantitative estimate of drug-likeness (QED) is 0.437. The van der Waals surface area contributed by atoms with Crippen LogP contribution in [-0.4, -0.2) is 55.7 Å². The summed E-state index contributed by atoms with van der Waals surface area (Å²) in [6.07, 6.45) is 5.76. The molecule has 2 unspecified atom stereocenters. The van der Waals surface area contributed by atoms with Gasteiger partial charge in [-0.3, -0.25) is 14.4 Å². The smallest absolute Gasteiger partial charge is 0.347 e. The monoisotopic (exact) mass is 590 g/mol. The van der Waals surface area contributed by atoms with Crippen LogP contribution < -0.4 is 15.4 Å². The minimum absolute atomic E-state index is 0.0180. The molecular weight excluding hydrogens is 548 g/mol. The van der Waals surface area contributed by atoms with Crippen LogP contribution in [0.3, 0.4) is 0 Å². The van der Waals surface area contributed by atoms with Crippen LogP contribution in [0, 0.1) is 11.8 Å². The zero-order valence-electron chi connectivity index (χ0n) is 25.3. The molecule has 43 heavy (non-hydrogen) atoms. The predicted molar refractivity (Wildman–Crippen MR) is 164 cm³/mol. The molecule has 2 aromatic carbocycles. The number of ether oxygens (including phenoxy) is 3. The van der Waals surface area contributed by atoms with Gasteiger partial charge in [0, 0.05) is 25.3 Å². The van der Waals surface area contributed by atoms with Gasteiger partial charge in [-0.15, -0.1) is 0 Å². The third kappa shape index (κ3) is 11.4. The molecule has 230 valence electrons. The minimum Gasteiger partial charge on any atom is -0.497 e. The Kier molecular flexibility index (Phi) is 13.0. The van der Waals surface area contributed by atoms with Crippen LogP contribution in [0.2, 0.25) is 0 Å². The van der Waals surface area contributed by atoms with E-state index in [1.54, 1.807) is 25.3 Å². The molecule has 2 amide bonds. The highest BCUT2D eigenvalue weighted by molar-refractivity contribution is 5.93. The number of carbonyl (C=O) groups is 4. The van der Waals surface area contributed by atoms with Crippen molar-refractivity contribution in [1.82, 2.24) is 10.6 Å². The summed E-state index contributed by atoms with van der Waals surface area (Å²) in [4.78, 5) is 51.9. The zero-order valence-corrected chi connectivity index (χ0v) is 25.3. The number of methoxy groups -OCH3 is 1. The average Bonchev–Trinajstić information content (AvgIpc) is 2.98. The van der Waals surface area contributed by atoms with Gasteiger partial charge in [0.2, 0.25) is 11.8 Å². The Morgan fingerprint density at radius 3 is 2.37 bits per heavy atom. The van der Waals surface area contributed by atoms with Crippen LogP contribution in [0.4, 0.5) is 0 Å². The van der Waals surface area contributed by atoms with Crippen molar-refractivity contribution >= 4 is 29.8 Å². The number of cyclic esters (lactones) is 2. The first-order valence-corrected chi connectivity index (χ1v) is 14.7. The van der Waals surface area contributed by atoms with E-state index in [2.05, 4.69) is 10.6 Å². The van der Waals surface area contributed by atoms with Gasteiger partial charge in [-0.25, -0.2) is 4.79 Å². The second-order valence-electron chi connectivity index (χ2n) is 11.0. The van der Waals surface area contributed by atoms with Crippen LogP contribution in [0.1, 0.15) is 51.2 Å². The van der Waals surface area contributed by atoms with Crippen LogP contribution in [0.25, 0.3) is 6.08 Å². The Morgan fingerprint density at radius 2 is 1.70 bits per heavy atom. The highest BCUT2D eigenvalue weighted by Crippen LogP contribution is 2.20. The van der Waals surface area contributed by atoms with E-state index in [9.17, 15) is 19.2 Å². The highest BCUT2D eigenvalue weighted by atomic mass is 16.6. The van der Waals surface area contributed by atoms with Crippen molar-refractivity contribution in [3.8, 4) is 5.75 Å². The SMILES string of the molecule is COc1ccc(CC2NC(=O)/C=C/CC([C@H](C)/C=C/c3ccccc3)OC(=O)[C@H](CC(C)C)OC(=O)CCNC2=O)cc1. The van der Waals surface area contributed by atoms with Crippen LogP contribution in [-0.2, 0) is 35.1 Å². The lowest BCUT2D eigenvalue weighted by Gasteiger charge is -2.25. The molecule has 1 aliphatic rings. The van der Waals surface area contributed by atoms with Crippen molar-refractivity contribution in [3.05, 3.63) is 84.0 Å². The second kappa shape index (κ2) is 16.9. The van der Waals surface area contributed by atoms with Gasteiger partial charge >= 0.3 is 11.9 Å². The maximum atomic E-state index is 13.2. The van der Waals surface area contributed by atoms with E-state index in [1.165, 1.54) is 6.08 Å². The molecule has 2 N–H and O–H groups in total. The lowest BCUT2D eigenvalue weighted by atomic mass is 9.99. The molecule has 1 heterocycles. The maximum absolute atomic E-state index is 13.2. The fourth-order valence-corrected chi connectivity index (χ4v) is 4.53. The van der Waals surface area contributed by atoms with E-state index in [-0.39, 0.29) is 37.6 Å². The first kappa shape index (κ1) is 33.1. The van der Waals surface area contributed by atoms with Gasteiger partial charge in [-0.2, -0.15) is 0 Å². The van der Waals surface area contributed by atoms with E-state index in [0.29, 0.717) is 12.2 Å². The molecule has 0 fully saturated rings. The molecule has 4 atom stereocenters. The summed E-state index contributed by atoms with van der Waals surface area (Å²) in [5.74, 6) is -1.65. The van der Waals surface area contributed by atoms with Gasteiger partial charge in [0.05, 0.1) is 13.5 Å². The van der Waals surface area contributed by atoms with Crippen LogP contribution >= 0.6 is 0 Å². The molecule has 0 saturated carbocycles. The molecule has 3 rings (SSSR count). The lowest BCUT2D eigenvalue weighted by molar-refractivity contribution is -0.173. The number of hydrogen-bond donors (Lipinski definition) is 2. The average molecular weight is 591 g/mol. The number of rotatable bonds is 8. The summed E-state index contributed by atoms with van der Waals surface area (Å²) < 4.78 is 16.7. The first-order valence-electron chi connectivity index (χ1n) is 14.7. The molecule has 0 spiro atoms. The summed E-state index contributed by atoms with van der Waals surface area (Å²) in [6.45, 7) is 5.75. The summed E-state index contributed by atoms with van der Waals surface area (Å²) in [6, 6.07) is 16.1. The molecule has 0 aromatic heterocycles. The number of nitrogens with one attached hydrogen (secondary N) is 2. The second-order valence-corrected chi connectivity index (χ2v) is 11.0. The molecule has 0 bridgehead atoms. The first-order chi connectivity index (χ1) is 20.6. The summed E-state index contributed by atoms with van der Waals surface area (Å²) in [5.41, 5.74) is 1.82. The molecule has 0 aliphatic carbocycles. The van der Waals surface area contributed by atoms with Gasteiger partial charge in [0.1, 0.15) is 17.9 Å². The Morgan fingerprint density at radius 1 is 0.977 bits per heavy atom. The van der Waals surface area contributed by atoms with Crippen LogP contribution in [0.5, 0.6) is 5.75 Å². The minimum atomic E-state index is -1.08. The third-order valence-electron chi connectivity index (χ3n) is 6.97. The fraction of sp³-hybridized carbons (Fsp3) is 0.412. The third-order valence-corrected chi connectivity index (χ3v) is 6.97. The van der Waals surface area contributed by atoms with Crippen molar-refractivity contribution < 1.29 is 33.4 Å². The van der Waals surface area contributed by atoms with Crippen LogP contribution in [0.15, 0.2) is 72.8 Å². The number of carbonyl (C=O) groups excluding carboxylic acids is 4. The van der Waals surface area contributed by atoms with Crippen molar-refractivity contribution in [2.45, 2.75) is 64.7 Å². The molecule has 1 aliphatic heterocycles. The largest absolute Gasteiger partial charge is 0.497 e. The number of esters is 2. The normalized spacial score (nSPS) is 22.3. The fourth-order valence-electron chi connectivity index (χ4n) is 4.53. The Labute approximate surface area is 253 Å². The molecule has 0 radical (unpaired) electrons. The van der Waals surface area contributed by atoms with Crippen molar-refractivity contribution in [2.75, 3.05) is 13.7 Å². The van der Waals surface area contributed by atoms with E-state index < -0.39 is 42.0 Å². The standard InChI is InChI=1S/C34H42N2O7/c1-23(2)21-30-34(40)43-29(24(3)13-14-25-9-6-5-7-10-25)11-8-12-31(37)36-28(33(39)35-20-19-32(38)42-30)22-26-15-17-27(41-4)18-16-26/h5-10,12-18,23-24,28-30H,11,19-22H2,1-4H3,(H,35,39)(H,36,37)/b12-8+,14-13+/t24-,28?,29?,30+/m1/s1. The van der Waals surface area contributed by atoms with Gasteiger partial charge in [-0.05, 0) is 41.7 Å². The predicted octanol–water partition coefficient (Wildman–Crippen LogP) is 4.41. The topological polar surface area (TPSA) is 120 Å². The molecule has 2 aromatic rings. The van der Waals surface area contributed by atoms with E-state index >= 15 is 0 Å². The van der Waals surface area contributed by atoms with Gasteiger partial charge in [0.15, 0.2) is 6.10 Å². The van der Waals surface area contributed by atoms with E-state index in [1.807, 2.05) is 75.4 Å². The molecule has 9 heteroatoms. The van der Waals surface area contributed by atoms with Crippen molar-refractivity contribution in [3.63, 3.8) is 0 Å². The molecule has 0 saturated heterocycles. The number of amides is 2. The summed E-state index contributed by atoms with van der Waals surface area (Å²) in [5, 5.41) is 5.46. The van der Waals surface area contributed by atoms with Crippen molar-refractivity contribution in [1.29, 1.82) is 0 Å². The summed E-state index contributed by atoms with van der Waals surface area (Å²) in [7, 11) is 1.57. The Hall–Kier alpha value is -4.40. The highest BCUT2D eigenvalue weighted by Gasteiger charge is 2.30. The van der Waals surface area contributed by atoms with Gasteiger partial charge < -0.3 is 24.8 Å². The van der Waals surface area contributed by atoms with Crippen molar-refractivity contribution in [2.24, 2.45) is 11.8 Å². The van der Waals surface area contributed by atoms with E-state index in [4.69, 9.17) is 14.2 Å². The Balaban J connectivity index is 1.84. The zero-order chi connectivity index (χ0) is 31.2. The summed E-state index contributed by atoms with van der Waals surface area (Å²) >= 11 is 0. The van der Waals surface area contributed by atoms with Gasteiger partial charge in [0.25, 0.3) is 0 Å².